The van der Waals surface area contributed by atoms with Crippen LogP contribution in [0.3, 0.4) is 0 Å². The van der Waals surface area contributed by atoms with Gasteiger partial charge in [0.1, 0.15) is 5.75 Å². The zero-order chi connectivity index (χ0) is 16.4. The van der Waals surface area contributed by atoms with Crippen LogP contribution in [0.5, 0.6) is 5.75 Å². The number of ether oxygens (including phenoxy) is 1. The first-order chi connectivity index (χ1) is 11.0. The molecule has 0 aromatic heterocycles. The van der Waals surface area contributed by atoms with E-state index in [0.717, 1.165) is 11.1 Å². The third-order valence-corrected chi connectivity index (χ3v) is 4.27. The Labute approximate surface area is 137 Å². The van der Waals surface area contributed by atoms with Crippen molar-refractivity contribution in [3.05, 3.63) is 83.4 Å². The molecule has 2 nitrogen and oxygen atoms in total. The van der Waals surface area contributed by atoms with Gasteiger partial charge in [-0.15, -0.1) is 0 Å². The fourth-order valence-corrected chi connectivity index (χ4v) is 2.94. The average Bonchev–Trinajstić information content (AvgIpc) is 2.93. The molecule has 0 bridgehead atoms. The monoisotopic (exact) mass is 304 g/mol. The molecule has 0 aliphatic heterocycles. The first-order valence-corrected chi connectivity index (χ1v) is 7.71. The SMILES string of the molecule is COc1ccc(C2=CC=CC2(C)C)c(C(=O)c2ccccc2)c1. The van der Waals surface area contributed by atoms with Crippen molar-refractivity contribution in [1.82, 2.24) is 0 Å². The zero-order valence-corrected chi connectivity index (χ0v) is 13.7. The van der Waals surface area contributed by atoms with E-state index in [9.17, 15) is 4.79 Å². The first kappa shape index (κ1) is 15.3. The quantitative estimate of drug-likeness (QED) is 0.751. The van der Waals surface area contributed by atoms with Gasteiger partial charge in [0.25, 0.3) is 0 Å². The van der Waals surface area contributed by atoms with Gasteiger partial charge in [0.05, 0.1) is 7.11 Å². The molecule has 116 valence electrons. The van der Waals surface area contributed by atoms with Gasteiger partial charge in [-0.2, -0.15) is 0 Å². The molecular weight excluding hydrogens is 284 g/mol. The first-order valence-electron chi connectivity index (χ1n) is 7.71. The van der Waals surface area contributed by atoms with E-state index in [4.69, 9.17) is 4.74 Å². The molecule has 0 heterocycles. The summed E-state index contributed by atoms with van der Waals surface area (Å²) in [7, 11) is 1.62. The Kier molecular flexibility index (Phi) is 3.91. The maximum absolute atomic E-state index is 13.0. The predicted octanol–water partition coefficient (Wildman–Crippen LogP) is 4.91. The van der Waals surface area contributed by atoms with E-state index in [-0.39, 0.29) is 11.2 Å². The molecule has 1 aliphatic rings. The smallest absolute Gasteiger partial charge is 0.193 e. The van der Waals surface area contributed by atoms with Crippen LogP contribution >= 0.6 is 0 Å². The number of methoxy groups -OCH3 is 1. The van der Waals surface area contributed by atoms with Crippen LogP contribution in [0.2, 0.25) is 0 Å². The third-order valence-electron chi connectivity index (χ3n) is 4.27. The molecule has 1 aliphatic carbocycles. The molecule has 0 atom stereocenters. The number of hydrogen-bond acceptors (Lipinski definition) is 2. The van der Waals surface area contributed by atoms with Crippen molar-refractivity contribution in [2.45, 2.75) is 13.8 Å². The number of hydrogen-bond donors (Lipinski definition) is 0. The van der Waals surface area contributed by atoms with E-state index in [2.05, 4.69) is 32.1 Å². The Balaban J connectivity index is 2.13. The molecule has 2 aromatic carbocycles. The van der Waals surface area contributed by atoms with Crippen molar-refractivity contribution in [2.75, 3.05) is 7.11 Å². The minimum absolute atomic E-state index is 0.0168. The van der Waals surface area contributed by atoms with Crippen LogP contribution in [0.4, 0.5) is 0 Å². The molecule has 0 unspecified atom stereocenters. The van der Waals surface area contributed by atoms with Crippen LogP contribution in [0.1, 0.15) is 35.3 Å². The summed E-state index contributed by atoms with van der Waals surface area (Å²) < 4.78 is 5.32. The lowest BCUT2D eigenvalue weighted by molar-refractivity contribution is 0.103. The summed E-state index contributed by atoms with van der Waals surface area (Å²) in [5, 5.41) is 0. The van der Waals surface area contributed by atoms with E-state index in [1.165, 1.54) is 0 Å². The Morgan fingerprint density at radius 2 is 1.78 bits per heavy atom. The van der Waals surface area contributed by atoms with E-state index < -0.39 is 0 Å². The van der Waals surface area contributed by atoms with Gasteiger partial charge in [-0.3, -0.25) is 4.79 Å². The van der Waals surface area contributed by atoms with Crippen molar-refractivity contribution in [2.24, 2.45) is 5.41 Å². The lowest BCUT2D eigenvalue weighted by Gasteiger charge is -2.23. The van der Waals surface area contributed by atoms with Crippen molar-refractivity contribution < 1.29 is 9.53 Å². The van der Waals surface area contributed by atoms with Gasteiger partial charge in [-0.05, 0) is 23.3 Å². The molecule has 2 aromatic rings. The standard InChI is InChI=1S/C21H20O2/c1-21(2)13-7-10-19(21)17-12-11-16(23-3)14-18(17)20(22)15-8-5-4-6-9-15/h4-14H,1-3H3. The van der Waals surface area contributed by atoms with Crippen molar-refractivity contribution >= 4 is 11.4 Å². The van der Waals surface area contributed by atoms with Gasteiger partial charge in [0.15, 0.2) is 5.78 Å². The highest BCUT2D eigenvalue weighted by molar-refractivity contribution is 6.12. The van der Waals surface area contributed by atoms with Crippen molar-refractivity contribution in [1.29, 1.82) is 0 Å². The normalized spacial score (nSPS) is 15.3. The summed E-state index contributed by atoms with van der Waals surface area (Å²) in [5.41, 5.74) is 3.40. The lowest BCUT2D eigenvalue weighted by atomic mass is 9.80. The topological polar surface area (TPSA) is 26.3 Å². The zero-order valence-electron chi connectivity index (χ0n) is 13.7. The summed E-state index contributed by atoms with van der Waals surface area (Å²) in [6.45, 7) is 4.31. The highest BCUT2D eigenvalue weighted by Crippen LogP contribution is 2.42. The summed E-state index contributed by atoms with van der Waals surface area (Å²) in [6.07, 6.45) is 6.29. The van der Waals surface area contributed by atoms with Crippen molar-refractivity contribution in [3.8, 4) is 5.75 Å². The Morgan fingerprint density at radius 3 is 2.39 bits per heavy atom. The third kappa shape index (κ3) is 2.85. The summed E-state index contributed by atoms with van der Waals surface area (Å²) in [6, 6.07) is 15.1. The number of carbonyl (C=O) groups is 1. The minimum atomic E-state index is -0.0830. The molecule has 0 amide bonds. The Morgan fingerprint density at radius 1 is 1.04 bits per heavy atom. The van der Waals surface area contributed by atoms with E-state index in [0.29, 0.717) is 16.9 Å². The van der Waals surface area contributed by atoms with Gasteiger partial charge in [-0.25, -0.2) is 0 Å². The highest BCUT2D eigenvalue weighted by Gasteiger charge is 2.28. The largest absolute Gasteiger partial charge is 0.497 e. The van der Waals surface area contributed by atoms with Crippen LogP contribution in [-0.4, -0.2) is 12.9 Å². The molecule has 0 N–H and O–H groups in total. The van der Waals surface area contributed by atoms with Crippen LogP contribution < -0.4 is 4.74 Å². The van der Waals surface area contributed by atoms with Crippen LogP contribution in [0, 0.1) is 5.41 Å². The second-order valence-electron chi connectivity index (χ2n) is 6.27. The maximum atomic E-state index is 13.0. The van der Waals surface area contributed by atoms with Crippen molar-refractivity contribution in [3.63, 3.8) is 0 Å². The van der Waals surface area contributed by atoms with Gasteiger partial charge in [-0.1, -0.05) is 68.5 Å². The fraction of sp³-hybridized carbons (Fsp3) is 0.190. The van der Waals surface area contributed by atoms with E-state index >= 15 is 0 Å². The average molecular weight is 304 g/mol. The fourth-order valence-electron chi connectivity index (χ4n) is 2.94. The Bertz CT molecular complexity index is 796. The summed E-state index contributed by atoms with van der Waals surface area (Å²) in [4.78, 5) is 13.0. The molecule has 0 fully saturated rings. The van der Waals surface area contributed by atoms with Crippen LogP contribution in [-0.2, 0) is 0 Å². The number of allylic oxidation sites excluding steroid dienone is 4. The molecular formula is C21H20O2. The summed E-state index contributed by atoms with van der Waals surface area (Å²) in [5.74, 6) is 0.709. The van der Waals surface area contributed by atoms with Gasteiger partial charge in [0, 0.05) is 16.5 Å². The summed E-state index contributed by atoms with van der Waals surface area (Å²) >= 11 is 0. The number of benzene rings is 2. The number of carbonyl (C=O) groups excluding carboxylic acids is 1. The van der Waals surface area contributed by atoms with Crippen LogP contribution in [0.25, 0.3) is 5.57 Å². The molecule has 0 radical (unpaired) electrons. The van der Waals surface area contributed by atoms with Gasteiger partial charge in [0.2, 0.25) is 0 Å². The molecule has 0 saturated carbocycles. The minimum Gasteiger partial charge on any atom is -0.497 e. The molecule has 0 saturated heterocycles. The predicted molar refractivity (Wildman–Crippen MR) is 93.8 cm³/mol. The van der Waals surface area contributed by atoms with E-state index in [1.54, 1.807) is 7.11 Å². The number of rotatable bonds is 4. The molecule has 23 heavy (non-hydrogen) atoms. The molecule has 0 spiro atoms. The molecule has 3 rings (SSSR count). The maximum Gasteiger partial charge on any atom is 0.193 e. The number of ketones is 1. The Hall–Kier alpha value is -2.61. The van der Waals surface area contributed by atoms with Crippen LogP contribution in [0.15, 0.2) is 66.8 Å². The van der Waals surface area contributed by atoms with Gasteiger partial charge < -0.3 is 4.74 Å². The second-order valence-corrected chi connectivity index (χ2v) is 6.27. The van der Waals surface area contributed by atoms with Gasteiger partial charge >= 0.3 is 0 Å². The highest BCUT2D eigenvalue weighted by atomic mass is 16.5. The second kappa shape index (κ2) is 5.88. The molecule has 2 heteroatoms. The lowest BCUT2D eigenvalue weighted by Crippen LogP contribution is -2.12. The van der Waals surface area contributed by atoms with E-state index in [1.807, 2.05) is 48.5 Å².